The van der Waals surface area contributed by atoms with Crippen molar-refractivity contribution in [3.63, 3.8) is 0 Å². The first-order chi connectivity index (χ1) is 13.4. The van der Waals surface area contributed by atoms with Crippen molar-refractivity contribution in [2.75, 3.05) is 52.9 Å². The molecule has 2 N–H and O–H groups in total. The van der Waals surface area contributed by atoms with E-state index in [1.807, 2.05) is 6.92 Å². The van der Waals surface area contributed by atoms with Crippen molar-refractivity contribution in [2.24, 2.45) is 4.99 Å². The van der Waals surface area contributed by atoms with Crippen LogP contribution in [0.5, 0.6) is 0 Å². The zero-order chi connectivity index (χ0) is 20.4. The zero-order valence-electron chi connectivity index (χ0n) is 17.3. The first-order valence-electron chi connectivity index (χ1n) is 9.97. The van der Waals surface area contributed by atoms with Gasteiger partial charge in [0.1, 0.15) is 0 Å². The third kappa shape index (κ3) is 9.99. The minimum Gasteiger partial charge on any atom is -0.357 e. The summed E-state index contributed by atoms with van der Waals surface area (Å²) in [6, 6.07) is 5.16. The summed E-state index contributed by atoms with van der Waals surface area (Å²) >= 11 is 0. The second kappa shape index (κ2) is 13.3. The monoisotopic (exact) mass is 527 g/mol. The highest BCUT2D eigenvalue weighted by atomic mass is 127. The van der Waals surface area contributed by atoms with Gasteiger partial charge in [0, 0.05) is 26.2 Å². The Bertz CT molecular complexity index is 607. The van der Waals surface area contributed by atoms with Gasteiger partial charge in [0.05, 0.1) is 12.1 Å². The fraction of sp³-hybridized carbons (Fsp3) is 0.650. The molecule has 0 bridgehead atoms. The normalized spacial score (nSPS) is 16.8. The van der Waals surface area contributed by atoms with Crippen LogP contribution in [0, 0.1) is 0 Å². The molecule has 5 nitrogen and oxygen atoms in total. The van der Waals surface area contributed by atoms with Crippen molar-refractivity contribution in [3.8, 4) is 0 Å². The minimum atomic E-state index is -4.30. The summed E-state index contributed by atoms with van der Waals surface area (Å²) < 4.78 is 37.9. The minimum absolute atomic E-state index is 0. The molecule has 0 atom stereocenters. The first-order valence-corrected chi connectivity index (χ1v) is 9.97. The van der Waals surface area contributed by atoms with E-state index in [0.717, 1.165) is 69.9 Å². The Morgan fingerprint density at radius 2 is 1.79 bits per heavy atom. The summed E-state index contributed by atoms with van der Waals surface area (Å²) in [7, 11) is 2.17. The van der Waals surface area contributed by atoms with E-state index in [1.165, 1.54) is 18.6 Å². The molecule has 0 amide bonds. The van der Waals surface area contributed by atoms with Crippen molar-refractivity contribution in [3.05, 3.63) is 35.4 Å². The Kier molecular flexibility index (Phi) is 11.9. The Labute approximate surface area is 189 Å². The number of nitrogens with zero attached hydrogens (tertiary/aromatic N) is 3. The van der Waals surface area contributed by atoms with Gasteiger partial charge in [0.15, 0.2) is 5.96 Å². The van der Waals surface area contributed by atoms with Gasteiger partial charge < -0.3 is 20.4 Å². The Morgan fingerprint density at radius 3 is 2.45 bits per heavy atom. The molecule has 1 aromatic carbocycles. The largest absolute Gasteiger partial charge is 0.416 e. The SMILES string of the molecule is CCNC(=NCc1ccc(C(F)(F)F)cc1)NCCCN1CCCN(C)CC1.I. The lowest BCUT2D eigenvalue weighted by Gasteiger charge is -2.20. The molecule has 0 radical (unpaired) electrons. The van der Waals surface area contributed by atoms with Gasteiger partial charge in [-0.15, -0.1) is 24.0 Å². The average Bonchev–Trinajstić information content (AvgIpc) is 2.87. The second-order valence-electron chi connectivity index (χ2n) is 7.17. The standard InChI is InChI=1S/C20H32F3N5.HI/c1-3-24-19(25-10-4-12-28-13-5-11-27(2)14-15-28)26-16-17-6-8-18(9-7-17)20(21,22)23;/h6-9H,3-5,10-16H2,1-2H3,(H2,24,25,26);1H. The van der Waals surface area contributed by atoms with E-state index >= 15 is 0 Å². The van der Waals surface area contributed by atoms with Crippen LogP contribution in [0.15, 0.2) is 29.3 Å². The summed E-state index contributed by atoms with van der Waals surface area (Å²) in [6.45, 7) is 9.46. The summed E-state index contributed by atoms with van der Waals surface area (Å²) in [5.41, 5.74) is 0.115. The molecule has 1 aliphatic rings. The van der Waals surface area contributed by atoms with Gasteiger partial charge in [-0.25, -0.2) is 4.99 Å². The van der Waals surface area contributed by atoms with Crippen molar-refractivity contribution in [1.29, 1.82) is 0 Å². The van der Waals surface area contributed by atoms with Crippen LogP contribution in [0.2, 0.25) is 0 Å². The van der Waals surface area contributed by atoms with Gasteiger partial charge >= 0.3 is 6.18 Å². The quantitative estimate of drug-likeness (QED) is 0.247. The number of nitrogens with one attached hydrogen (secondary N) is 2. The van der Waals surface area contributed by atoms with E-state index in [2.05, 4.69) is 32.5 Å². The summed E-state index contributed by atoms with van der Waals surface area (Å²) in [5, 5.41) is 6.49. The number of likely N-dealkylation sites (N-methyl/N-ethyl adjacent to an activating group) is 1. The second-order valence-corrected chi connectivity index (χ2v) is 7.17. The van der Waals surface area contributed by atoms with Gasteiger partial charge in [-0.1, -0.05) is 12.1 Å². The predicted octanol–water partition coefficient (Wildman–Crippen LogP) is 3.41. The fourth-order valence-corrected chi connectivity index (χ4v) is 3.14. The van der Waals surface area contributed by atoms with Gasteiger partial charge in [0.25, 0.3) is 0 Å². The van der Waals surface area contributed by atoms with Crippen molar-refractivity contribution in [2.45, 2.75) is 32.5 Å². The van der Waals surface area contributed by atoms with E-state index in [4.69, 9.17) is 0 Å². The van der Waals surface area contributed by atoms with Crippen LogP contribution >= 0.6 is 24.0 Å². The molecule has 0 spiro atoms. The molecular formula is C20H33F3IN5. The average molecular weight is 527 g/mol. The van der Waals surface area contributed by atoms with Gasteiger partial charge in [0.2, 0.25) is 0 Å². The van der Waals surface area contributed by atoms with Crippen LogP contribution in [0.4, 0.5) is 13.2 Å². The molecule has 9 heteroatoms. The van der Waals surface area contributed by atoms with Crippen molar-refractivity contribution in [1.82, 2.24) is 20.4 Å². The molecule has 166 valence electrons. The number of benzene rings is 1. The van der Waals surface area contributed by atoms with Gasteiger partial charge in [-0.2, -0.15) is 13.2 Å². The molecule has 1 saturated heterocycles. The molecule has 1 aliphatic heterocycles. The van der Waals surface area contributed by atoms with Crippen molar-refractivity contribution >= 4 is 29.9 Å². The van der Waals surface area contributed by atoms with E-state index in [9.17, 15) is 13.2 Å². The maximum Gasteiger partial charge on any atom is 0.416 e. The Hall–Kier alpha value is -1.07. The van der Waals surface area contributed by atoms with Gasteiger partial charge in [-0.05, 0) is 64.1 Å². The molecule has 1 aromatic rings. The summed E-state index contributed by atoms with van der Waals surface area (Å²) in [5.74, 6) is 0.693. The molecule has 0 unspecified atom stereocenters. The smallest absolute Gasteiger partial charge is 0.357 e. The third-order valence-corrected chi connectivity index (χ3v) is 4.80. The number of alkyl halides is 3. The van der Waals surface area contributed by atoms with Gasteiger partial charge in [-0.3, -0.25) is 0 Å². The molecule has 1 fully saturated rings. The van der Waals surface area contributed by atoms with E-state index in [1.54, 1.807) is 0 Å². The first kappa shape index (κ1) is 26.0. The predicted molar refractivity (Wildman–Crippen MR) is 123 cm³/mol. The lowest BCUT2D eigenvalue weighted by Crippen LogP contribution is -2.39. The number of guanidine groups is 1. The fourth-order valence-electron chi connectivity index (χ4n) is 3.14. The van der Waals surface area contributed by atoms with E-state index in [-0.39, 0.29) is 24.0 Å². The maximum atomic E-state index is 12.6. The van der Waals surface area contributed by atoms with Crippen LogP contribution in [-0.4, -0.2) is 68.6 Å². The molecule has 2 rings (SSSR count). The summed E-state index contributed by atoms with van der Waals surface area (Å²) in [4.78, 5) is 9.35. The molecular weight excluding hydrogens is 494 g/mol. The highest BCUT2D eigenvalue weighted by Gasteiger charge is 2.29. The van der Waals surface area contributed by atoms with Crippen LogP contribution < -0.4 is 10.6 Å². The lowest BCUT2D eigenvalue weighted by molar-refractivity contribution is -0.137. The number of hydrogen-bond donors (Lipinski definition) is 2. The topological polar surface area (TPSA) is 42.9 Å². The number of rotatable bonds is 7. The van der Waals surface area contributed by atoms with Crippen molar-refractivity contribution < 1.29 is 13.2 Å². The van der Waals surface area contributed by atoms with Crippen LogP contribution in [0.1, 0.15) is 30.9 Å². The van der Waals surface area contributed by atoms with E-state index < -0.39 is 11.7 Å². The third-order valence-electron chi connectivity index (χ3n) is 4.80. The number of halogens is 4. The lowest BCUT2D eigenvalue weighted by atomic mass is 10.1. The van der Waals surface area contributed by atoms with E-state index in [0.29, 0.717) is 12.5 Å². The maximum absolute atomic E-state index is 12.6. The zero-order valence-corrected chi connectivity index (χ0v) is 19.6. The number of hydrogen-bond acceptors (Lipinski definition) is 3. The number of aliphatic imine (C=N–C) groups is 1. The Balaban J connectivity index is 0.00000420. The highest BCUT2D eigenvalue weighted by molar-refractivity contribution is 14.0. The molecule has 1 heterocycles. The molecule has 0 aliphatic carbocycles. The molecule has 0 saturated carbocycles. The Morgan fingerprint density at radius 1 is 1.07 bits per heavy atom. The molecule has 29 heavy (non-hydrogen) atoms. The molecule has 0 aromatic heterocycles. The van der Waals surface area contributed by atoms with Crippen LogP contribution in [0.3, 0.4) is 0 Å². The summed E-state index contributed by atoms with van der Waals surface area (Å²) in [6.07, 6.45) is -2.07. The van der Waals surface area contributed by atoms with Crippen LogP contribution in [0.25, 0.3) is 0 Å². The van der Waals surface area contributed by atoms with Crippen LogP contribution in [-0.2, 0) is 12.7 Å². The highest BCUT2D eigenvalue weighted by Crippen LogP contribution is 2.29.